The molecule has 0 radical (unpaired) electrons. The molecular formula is C25H53BrN+. The molecule has 27 heavy (non-hydrogen) atoms. The third-order valence-corrected chi connectivity index (χ3v) is 6.75. The molecule has 0 saturated carbocycles. The molecule has 0 heterocycles. The molecule has 0 unspecified atom stereocenters. The summed E-state index contributed by atoms with van der Waals surface area (Å²) >= 11 is 3.61. The maximum Gasteiger partial charge on any atom is 0.0784 e. The van der Waals surface area contributed by atoms with E-state index in [-0.39, 0.29) is 0 Å². The zero-order chi connectivity index (χ0) is 20.1. The highest BCUT2D eigenvalue weighted by Gasteiger charge is 2.19. The third kappa shape index (κ3) is 19.5. The van der Waals surface area contributed by atoms with Crippen molar-refractivity contribution in [2.75, 3.05) is 32.0 Å². The quantitative estimate of drug-likeness (QED) is 0.0883. The van der Waals surface area contributed by atoms with Gasteiger partial charge in [0.15, 0.2) is 0 Å². The standard InChI is InChI=1S/C25H53BrN/c1-4-6-8-10-12-14-16-19-23-27(3,25-21-18-22-26)24-20-17-15-13-11-9-7-5-2/h4-25H2,1-3H3/q+1. The number of alkyl halides is 1. The number of hydrogen-bond acceptors (Lipinski definition) is 0. The summed E-state index contributed by atoms with van der Waals surface area (Å²) in [5.41, 5.74) is 0. The fourth-order valence-electron chi connectivity index (χ4n) is 4.18. The van der Waals surface area contributed by atoms with E-state index in [0.29, 0.717) is 0 Å². The van der Waals surface area contributed by atoms with Crippen LogP contribution in [0.25, 0.3) is 0 Å². The average molecular weight is 448 g/mol. The summed E-state index contributed by atoms with van der Waals surface area (Å²) in [7, 11) is 2.54. The first-order valence-electron chi connectivity index (χ1n) is 12.6. The van der Waals surface area contributed by atoms with Gasteiger partial charge in [0, 0.05) is 5.33 Å². The number of rotatable bonds is 22. The second-order valence-electron chi connectivity index (χ2n) is 9.14. The SMILES string of the molecule is CCCCCCCCCC[N+](C)(CCCCBr)CCCCCCCCCC. The van der Waals surface area contributed by atoms with Crippen molar-refractivity contribution in [2.24, 2.45) is 0 Å². The van der Waals surface area contributed by atoms with Gasteiger partial charge in [-0.05, 0) is 38.5 Å². The lowest BCUT2D eigenvalue weighted by Crippen LogP contribution is -2.46. The van der Waals surface area contributed by atoms with Crippen molar-refractivity contribution < 1.29 is 4.48 Å². The Balaban J connectivity index is 3.87. The minimum atomic E-state index is 1.17. The van der Waals surface area contributed by atoms with Crippen LogP contribution in [0.15, 0.2) is 0 Å². The molecule has 0 aliphatic carbocycles. The zero-order valence-corrected chi connectivity index (χ0v) is 21.0. The Morgan fingerprint density at radius 1 is 0.444 bits per heavy atom. The van der Waals surface area contributed by atoms with Gasteiger partial charge in [-0.1, -0.05) is 107 Å². The molecule has 1 nitrogen and oxygen atoms in total. The van der Waals surface area contributed by atoms with Crippen LogP contribution in [-0.2, 0) is 0 Å². The summed E-state index contributed by atoms with van der Waals surface area (Å²) in [4.78, 5) is 0. The molecule has 164 valence electrons. The van der Waals surface area contributed by atoms with Gasteiger partial charge in [-0.25, -0.2) is 0 Å². The minimum Gasteiger partial charge on any atom is -0.326 e. The Bertz CT molecular complexity index is 259. The number of halogens is 1. The fourth-order valence-corrected chi connectivity index (χ4v) is 4.57. The largest absolute Gasteiger partial charge is 0.326 e. The molecule has 0 saturated heterocycles. The van der Waals surface area contributed by atoms with E-state index in [9.17, 15) is 0 Å². The second kappa shape index (κ2) is 21.2. The maximum absolute atomic E-state index is 3.61. The first-order chi connectivity index (χ1) is 13.2. The lowest BCUT2D eigenvalue weighted by molar-refractivity contribution is -0.910. The molecule has 0 spiro atoms. The molecule has 0 aliphatic heterocycles. The summed E-state index contributed by atoms with van der Waals surface area (Å²) < 4.78 is 1.33. The topological polar surface area (TPSA) is 0 Å². The maximum atomic E-state index is 3.61. The number of unbranched alkanes of at least 4 members (excludes halogenated alkanes) is 15. The monoisotopic (exact) mass is 446 g/mol. The zero-order valence-electron chi connectivity index (χ0n) is 19.4. The van der Waals surface area contributed by atoms with Crippen LogP contribution in [-0.4, -0.2) is 36.5 Å². The summed E-state index contributed by atoms with van der Waals surface area (Å²) in [5.74, 6) is 0. The highest BCUT2D eigenvalue weighted by atomic mass is 79.9. The van der Waals surface area contributed by atoms with Gasteiger partial charge in [-0.2, -0.15) is 0 Å². The van der Waals surface area contributed by atoms with E-state index in [2.05, 4.69) is 36.8 Å². The normalized spacial score (nSPS) is 12.0. The minimum absolute atomic E-state index is 1.17. The van der Waals surface area contributed by atoms with E-state index in [4.69, 9.17) is 0 Å². The summed E-state index contributed by atoms with van der Waals surface area (Å²) in [6, 6.07) is 0. The van der Waals surface area contributed by atoms with E-state index in [0.717, 1.165) is 0 Å². The van der Waals surface area contributed by atoms with Gasteiger partial charge in [-0.15, -0.1) is 0 Å². The predicted octanol–water partition coefficient (Wildman–Crippen LogP) is 8.89. The lowest BCUT2D eigenvalue weighted by atomic mass is 10.1. The van der Waals surface area contributed by atoms with E-state index >= 15 is 0 Å². The number of hydrogen-bond donors (Lipinski definition) is 0. The molecule has 0 rings (SSSR count). The highest BCUT2D eigenvalue weighted by molar-refractivity contribution is 9.09. The summed E-state index contributed by atoms with van der Waals surface area (Å²) in [5, 5.41) is 1.17. The van der Waals surface area contributed by atoms with Crippen molar-refractivity contribution in [3.63, 3.8) is 0 Å². The van der Waals surface area contributed by atoms with Crippen molar-refractivity contribution in [3.05, 3.63) is 0 Å². The predicted molar refractivity (Wildman–Crippen MR) is 129 cm³/mol. The van der Waals surface area contributed by atoms with Crippen molar-refractivity contribution in [3.8, 4) is 0 Å². The highest BCUT2D eigenvalue weighted by Crippen LogP contribution is 2.16. The Kier molecular flexibility index (Phi) is 21.5. The average Bonchev–Trinajstić information content (AvgIpc) is 2.66. The van der Waals surface area contributed by atoms with Gasteiger partial charge in [0.25, 0.3) is 0 Å². The Morgan fingerprint density at radius 3 is 1.07 bits per heavy atom. The molecule has 0 N–H and O–H groups in total. The van der Waals surface area contributed by atoms with Crippen molar-refractivity contribution in [2.45, 2.75) is 129 Å². The molecule has 0 bridgehead atoms. The van der Waals surface area contributed by atoms with Crippen molar-refractivity contribution >= 4 is 15.9 Å². The lowest BCUT2D eigenvalue weighted by Gasteiger charge is -2.35. The van der Waals surface area contributed by atoms with Crippen LogP contribution < -0.4 is 0 Å². The first-order valence-corrected chi connectivity index (χ1v) is 13.7. The fraction of sp³-hybridized carbons (Fsp3) is 1.00. The van der Waals surface area contributed by atoms with Crippen molar-refractivity contribution in [1.29, 1.82) is 0 Å². The summed E-state index contributed by atoms with van der Waals surface area (Å²) in [6.07, 6.45) is 25.8. The van der Waals surface area contributed by atoms with Gasteiger partial charge >= 0.3 is 0 Å². The van der Waals surface area contributed by atoms with Gasteiger partial charge in [-0.3, -0.25) is 0 Å². The van der Waals surface area contributed by atoms with E-state index < -0.39 is 0 Å². The molecule has 0 aromatic rings. The molecule has 0 atom stereocenters. The first kappa shape index (κ1) is 27.4. The molecule has 0 aliphatic rings. The Morgan fingerprint density at radius 2 is 0.741 bits per heavy atom. The Labute approximate surface area is 181 Å². The molecular weight excluding hydrogens is 394 g/mol. The van der Waals surface area contributed by atoms with Gasteiger partial charge in [0.05, 0.1) is 26.7 Å². The van der Waals surface area contributed by atoms with Crippen molar-refractivity contribution in [1.82, 2.24) is 0 Å². The van der Waals surface area contributed by atoms with Crippen LogP contribution in [0.2, 0.25) is 0 Å². The molecule has 0 fully saturated rings. The van der Waals surface area contributed by atoms with Crippen LogP contribution in [0.1, 0.15) is 129 Å². The molecule has 0 amide bonds. The van der Waals surface area contributed by atoms with Crippen LogP contribution in [0.5, 0.6) is 0 Å². The van der Waals surface area contributed by atoms with Crippen LogP contribution in [0, 0.1) is 0 Å². The van der Waals surface area contributed by atoms with Gasteiger partial charge in [0.1, 0.15) is 0 Å². The van der Waals surface area contributed by atoms with Gasteiger partial charge in [0.2, 0.25) is 0 Å². The smallest absolute Gasteiger partial charge is 0.0784 e. The Hall–Kier alpha value is 0.440. The summed E-state index contributed by atoms with van der Waals surface area (Å²) in [6.45, 7) is 8.82. The van der Waals surface area contributed by atoms with Crippen LogP contribution >= 0.6 is 15.9 Å². The van der Waals surface area contributed by atoms with Crippen LogP contribution in [0.3, 0.4) is 0 Å². The van der Waals surface area contributed by atoms with E-state index in [1.165, 1.54) is 145 Å². The molecule has 0 aromatic heterocycles. The molecule has 0 aromatic carbocycles. The third-order valence-electron chi connectivity index (χ3n) is 6.18. The second-order valence-corrected chi connectivity index (χ2v) is 9.93. The van der Waals surface area contributed by atoms with Crippen LogP contribution in [0.4, 0.5) is 0 Å². The van der Waals surface area contributed by atoms with E-state index in [1.54, 1.807) is 0 Å². The van der Waals surface area contributed by atoms with Gasteiger partial charge < -0.3 is 4.48 Å². The molecule has 2 heteroatoms. The van der Waals surface area contributed by atoms with E-state index in [1.807, 2.05) is 0 Å². The number of quaternary nitrogens is 1. The number of nitrogens with zero attached hydrogens (tertiary/aromatic N) is 1.